The zero-order chi connectivity index (χ0) is 28.3. The molecular weight excluding hydrogens is 543 g/mol. The monoisotopic (exact) mass is 565 g/mol. The highest BCUT2D eigenvalue weighted by molar-refractivity contribution is 7.26. The average Bonchev–Trinajstić information content (AvgIpc) is 3.48. The molecule has 9 aromatic rings. The molecule has 0 aliphatic rings. The van der Waals surface area contributed by atoms with Crippen molar-refractivity contribution in [1.82, 2.24) is 15.0 Å². The number of fused-ring (bicyclic) bond motifs is 9. The summed E-state index contributed by atoms with van der Waals surface area (Å²) in [6.07, 6.45) is 0. The van der Waals surface area contributed by atoms with Gasteiger partial charge in [-0.15, -0.1) is 11.3 Å². The number of benzene rings is 7. The molecule has 0 spiro atoms. The molecular formula is C39H23N3S. The molecule has 43 heavy (non-hydrogen) atoms. The van der Waals surface area contributed by atoms with E-state index >= 15 is 0 Å². The van der Waals surface area contributed by atoms with E-state index in [9.17, 15) is 0 Å². The molecule has 0 saturated heterocycles. The Morgan fingerprint density at radius 1 is 0.395 bits per heavy atom. The van der Waals surface area contributed by atoms with Crippen molar-refractivity contribution in [2.75, 3.05) is 0 Å². The first kappa shape index (κ1) is 24.2. The van der Waals surface area contributed by atoms with Crippen molar-refractivity contribution >= 4 is 63.8 Å². The quantitative estimate of drug-likeness (QED) is 0.200. The van der Waals surface area contributed by atoms with Gasteiger partial charge in [0.1, 0.15) is 0 Å². The minimum atomic E-state index is 0.669. The first-order valence-electron chi connectivity index (χ1n) is 14.4. The Morgan fingerprint density at radius 3 is 1.56 bits per heavy atom. The van der Waals surface area contributed by atoms with Gasteiger partial charge in [-0.05, 0) is 44.5 Å². The van der Waals surface area contributed by atoms with Crippen molar-refractivity contribution in [2.45, 2.75) is 0 Å². The molecule has 0 amide bonds. The Balaban J connectivity index is 1.46. The number of hydrogen-bond acceptors (Lipinski definition) is 4. The summed E-state index contributed by atoms with van der Waals surface area (Å²) in [7, 11) is 0. The molecule has 0 aliphatic carbocycles. The van der Waals surface area contributed by atoms with Crippen LogP contribution in [0.15, 0.2) is 140 Å². The van der Waals surface area contributed by atoms with Crippen LogP contribution in [0.2, 0.25) is 0 Å². The van der Waals surface area contributed by atoms with Crippen molar-refractivity contribution in [3.63, 3.8) is 0 Å². The number of rotatable bonds is 3. The third-order valence-corrected chi connectivity index (χ3v) is 9.46. The van der Waals surface area contributed by atoms with Gasteiger partial charge in [0.15, 0.2) is 17.5 Å². The van der Waals surface area contributed by atoms with Crippen LogP contribution < -0.4 is 0 Å². The molecule has 2 aromatic heterocycles. The van der Waals surface area contributed by atoms with Gasteiger partial charge in [0.2, 0.25) is 0 Å². The summed E-state index contributed by atoms with van der Waals surface area (Å²) in [5.41, 5.74) is 2.96. The van der Waals surface area contributed by atoms with E-state index in [1.807, 2.05) is 47.7 Å². The van der Waals surface area contributed by atoms with Gasteiger partial charge in [0.25, 0.3) is 0 Å². The predicted octanol–water partition coefficient (Wildman–Crippen LogP) is 10.7. The average molecular weight is 566 g/mol. The molecule has 0 saturated carbocycles. The van der Waals surface area contributed by atoms with Gasteiger partial charge >= 0.3 is 0 Å². The van der Waals surface area contributed by atoms with E-state index in [-0.39, 0.29) is 0 Å². The van der Waals surface area contributed by atoms with E-state index in [2.05, 4.69) is 103 Å². The van der Waals surface area contributed by atoms with Crippen LogP contribution in [-0.2, 0) is 0 Å². The van der Waals surface area contributed by atoms with E-state index in [4.69, 9.17) is 15.0 Å². The molecule has 4 heteroatoms. The molecule has 0 unspecified atom stereocenters. The van der Waals surface area contributed by atoms with Crippen molar-refractivity contribution in [3.8, 4) is 34.2 Å². The maximum absolute atomic E-state index is 5.14. The molecule has 0 bridgehead atoms. The SMILES string of the molecule is c1ccc(-c2nc(-c3ccccc3)nc(-c3cc4ccc5ccccc5c4c4c3sc3ccc5ccccc5c34)n2)cc1. The highest BCUT2D eigenvalue weighted by Gasteiger charge is 2.21. The Kier molecular flexibility index (Phi) is 5.37. The van der Waals surface area contributed by atoms with E-state index in [0.29, 0.717) is 17.5 Å². The number of thiophene rings is 1. The van der Waals surface area contributed by atoms with Crippen LogP contribution in [0.4, 0.5) is 0 Å². The Morgan fingerprint density at radius 2 is 0.907 bits per heavy atom. The molecule has 0 atom stereocenters. The first-order valence-corrected chi connectivity index (χ1v) is 15.2. The summed E-state index contributed by atoms with van der Waals surface area (Å²) < 4.78 is 2.45. The lowest BCUT2D eigenvalue weighted by molar-refractivity contribution is 1.08. The Bertz CT molecular complexity index is 2440. The number of nitrogens with zero attached hydrogens (tertiary/aromatic N) is 3. The van der Waals surface area contributed by atoms with E-state index in [1.54, 1.807) is 0 Å². The molecule has 3 nitrogen and oxygen atoms in total. The van der Waals surface area contributed by atoms with Crippen LogP contribution in [0.3, 0.4) is 0 Å². The molecule has 200 valence electrons. The van der Waals surface area contributed by atoms with Crippen LogP contribution in [0, 0.1) is 0 Å². The van der Waals surface area contributed by atoms with Gasteiger partial charge in [0, 0.05) is 36.9 Å². The minimum absolute atomic E-state index is 0.669. The molecule has 0 aliphatic heterocycles. The van der Waals surface area contributed by atoms with Gasteiger partial charge in [0.05, 0.1) is 0 Å². The van der Waals surface area contributed by atoms with Gasteiger partial charge < -0.3 is 0 Å². The third-order valence-electron chi connectivity index (χ3n) is 8.28. The maximum atomic E-state index is 5.14. The highest BCUT2D eigenvalue weighted by Crippen LogP contribution is 2.47. The normalized spacial score (nSPS) is 11.7. The predicted molar refractivity (Wildman–Crippen MR) is 182 cm³/mol. The van der Waals surface area contributed by atoms with Gasteiger partial charge in [-0.25, -0.2) is 15.0 Å². The fourth-order valence-corrected chi connectivity index (χ4v) is 7.54. The van der Waals surface area contributed by atoms with Crippen molar-refractivity contribution in [3.05, 3.63) is 140 Å². The van der Waals surface area contributed by atoms with E-state index < -0.39 is 0 Å². The van der Waals surface area contributed by atoms with Gasteiger partial charge in [-0.1, -0.05) is 127 Å². The zero-order valence-electron chi connectivity index (χ0n) is 23.0. The molecule has 2 heterocycles. The molecule has 7 aromatic carbocycles. The highest BCUT2D eigenvalue weighted by atomic mass is 32.1. The maximum Gasteiger partial charge on any atom is 0.165 e. The molecule has 0 fully saturated rings. The summed E-state index contributed by atoms with van der Waals surface area (Å²) in [6, 6.07) is 49.0. The number of aromatic nitrogens is 3. The van der Waals surface area contributed by atoms with Crippen molar-refractivity contribution < 1.29 is 0 Å². The van der Waals surface area contributed by atoms with E-state index in [0.717, 1.165) is 16.7 Å². The Labute approximate surface area is 251 Å². The lowest BCUT2D eigenvalue weighted by atomic mass is 9.93. The fourth-order valence-electron chi connectivity index (χ4n) is 6.30. The molecule has 9 rings (SSSR count). The lowest BCUT2D eigenvalue weighted by Gasteiger charge is -2.12. The van der Waals surface area contributed by atoms with Crippen LogP contribution in [-0.4, -0.2) is 15.0 Å². The molecule has 0 N–H and O–H groups in total. The zero-order valence-corrected chi connectivity index (χ0v) is 23.8. The second-order valence-electron chi connectivity index (χ2n) is 10.8. The summed E-state index contributed by atoms with van der Waals surface area (Å²) in [5, 5.41) is 10.0. The summed E-state index contributed by atoms with van der Waals surface area (Å²) in [6.45, 7) is 0. The summed E-state index contributed by atoms with van der Waals surface area (Å²) in [5.74, 6) is 2.02. The van der Waals surface area contributed by atoms with Crippen LogP contribution >= 0.6 is 11.3 Å². The summed E-state index contributed by atoms with van der Waals surface area (Å²) in [4.78, 5) is 15.2. The Hall–Kier alpha value is -5.45. The van der Waals surface area contributed by atoms with Gasteiger partial charge in [-0.3, -0.25) is 0 Å². The second kappa shape index (κ2) is 9.55. The van der Waals surface area contributed by atoms with Crippen LogP contribution in [0.5, 0.6) is 0 Å². The smallest absolute Gasteiger partial charge is 0.165 e. The van der Waals surface area contributed by atoms with E-state index in [1.165, 1.54) is 52.5 Å². The number of hydrogen-bond donors (Lipinski definition) is 0. The molecule has 0 radical (unpaired) electrons. The lowest BCUT2D eigenvalue weighted by Crippen LogP contribution is -2.00. The van der Waals surface area contributed by atoms with Gasteiger partial charge in [-0.2, -0.15) is 0 Å². The van der Waals surface area contributed by atoms with Crippen LogP contribution in [0.25, 0.3) is 86.7 Å². The topological polar surface area (TPSA) is 38.7 Å². The second-order valence-corrected chi connectivity index (χ2v) is 11.9. The first-order chi connectivity index (χ1) is 21.3. The minimum Gasteiger partial charge on any atom is -0.208 e. The van der Waals surface area contributed by atoms with Crippen molar-refractivity contribution in [1.29, 1.82) is 0 Å². The van der Waals surface area contributed by atoms with Crippen LogP contribution in [0.1, 0.15) is 0 Å². The van der Waals surface area contributed by atoms with Crippen molar-refractivity contribution in [2.24, 2.45) is 0 Å². The third kappa shape index (κ3) is 3.84. The standard InChI is InChI=1S/C39H23N3S/c1-3-13-26(14-4-1)37-40-38(27-15-5-2-6-16-27)42-39(41-37)31-23-28-20-19-24-11-7-9-17-29(24)33(28)35-34-30-18-10-8-12-25(30)21-22-32(34)43-36(31)35/h1-23H. The summed E-state index contributed by atoms with van der Waals surface area (Å²) >= 11 is 1.82. The largest absolute Gasteiger partial charge is 0.208 e. The fraction of sp³-hybridized carbons (Fsp3) is 0.